The molecule has 7 heteroatoms. The van der Waals surface area contributed by atoms with Gasteiger partial charge in [-0.3, -0.25) is 9.69 Å². The van der Waals surface area contributed by atoms with Crippen LogP contribution in [0.3, 0.4) is 0 Å². The molecule has 2 aromatic carbocycles. The van der Waals surface area contributed by atoms with Gasteiger partial charge >= 0.3 is 0 Å². The van der Waals surface area contributed by atoms with Gasteiger partial charge in [-0.1, -0.05) is 54.1 Å². The first-order valence-electron chi connectivity index (χ1n) is 11.0. The number of methoxy groups -OCH3 is 1. The third-order valence-corrected chi connectivity index (χ3v) is 6.37. The molecule has 32 heavy (non-hydrogen) atoms. The van der Waals surface area contributed by atoms with Crippen molar-refractivity contribution in [3.8, 4) is 5.75 Å². The Labute approximate surface area is 194 Å². The highest BCUT2D eigenvalue weighted by atomic mass is 35.5. The molecule has 1 fully saturated rings. The van der Waals surface area contributed by atoms with Gasteiger partial charge in [0.1, 0.15) is 10.9 Å². The number of aromatic nitrogens is 2. The fraction of sp³-hybridized carbons (Fsp3) is 0.360. The zero-order valence-corrected chi connectivity index (χ0v) is 19.4. The van der Waals surface area contributed by atoms with E-state index in [1.807, 2.05) is 54.3 Å². The van der Waals surface area contributed by atoms with Crippen molar-refractivity contribution < 1.29 is 9.53 Å². The second-order valence-electron chi connectivity index (χ2n) is 8.13. The molecule has 0 atom stereocenters. The van der Waals surface area contributed by atoms with E-state index in [1.165, 1.54) is 5.56 Å². The van der Waals surface area contributed by atoms with Crippen LogP contribution in [0.4, 0.5) is 0 Å². The van der Waals surface area contributed by atoms with E-state index in [2.05, 4.69) is 22.1 Å². The van der Waals surface area contributed by atoms with Crippen LogP contribution >= 0.6 is 11.6 Å². The maximum atomic E-state index is 13.2. The van der Waals surface area contributed by atoms with Crippen LogP contribution in [0, 0.1) is 6.92 Å². The summed E-state index contributed by atoms with van der Waals surface area (Å²) in [5, 5.41) is 4.94. The van der Waals surface area contributed by atoms with E-state index in [4.69, 9.17) is 16.3 Å². The molecule has 2 heterocycles. The average molecular weight is 453 g/mol. The Morgan fingerprint density at radius 2 is 1.69 bits per heavy atom. The average Bonchev–Trinajstić information content (AvgIpc) is 3.11. The Hall–Kier alpha value is -2.83. The van der Waals surface area contributed by atoms with Crippen molar-refractivity contribution in [2.24, 2.45) is 0 Å². The molecular formula is C25H29ClN4O2. The number of carbonyl (C=O) groups is 1. The highest BCUT2D eigenvalue weighted by Gasteiger charge is 2.27. The van der Waals surface area contributed by atoms with Crippen LogP contribution in [-0.4, -0.2) is 65.3 Å². The number of aryl methyl sites for hydroxylation is 1. The Morgan fingerprint density at radius 3 is 2.34 bits per heavy atom. The molecule has 0 bridgehead atoms. The molecule has 0 spiro atoms. The fourth-order valence-electron chi connectivity index (χ4n) is 4.07. The topological polar surface area (TPSA) is 50.6 Å². The zero-order chi connectivity index (χ0) is 22.5. The van der Waals surface area contributed by atoms with E-state index >= 15 is 0 Å². The van der Waals surface area contributed by atoms with E-state index < -0.39 is 0 Å². The SMILES string of the molecule is COc1ccc(CCN2CCN(C(=O)c3c(C)nn(Cc4ccccc4)c3Cl)CC2)cc1. The first-order chi connectivity index (χ1) is 15.5. The summed E-state index contributed by atoms with van der Waals surface area (Å²) in [6, 6.07) is 18.2. The van der Waals surface area contributed by atoms with Gasteiger partial charge in [0.05, 0.1) is 24.9 Å². The third-order valence-electron chi connectivity index (χ3n) is 5.99. The van der Waals surface area contributed by atoms with Crippen molar-refractivity contribution in [3.63, 3.8) is 0 Å². The molecule has 1 aromatic heterocycles. The minimum Gasteiger partial charge on any atom is -0.497 e. The molecule has 4 rings (SSSR count). The maximum absolute atomic E-state index is 13.2. The number of nitrogens with zero attached hydrogens (tertiary/aromatic N) is 4. The van der Waals surface area contributed by atoms with Gasteiger partial charge in [-0.15, -0.1) is 0 Å². The Bertz CT molecular complexity index is 1040. The van der Waals surface area contributed by atoms with Gasteiger partial charge in [-0.05, 0) is 36.6 Å². The van der Waals surface area contributed by atoms with Gasteiger partial charge in [0.15, 0.2) is 0 Å². The molecule has 1 aliphatic heterocycles. The molecule has 0 radical (unpaired) electrons. The lowest BCUT2D eigenvalue weighted by Gasteiger charge is -2.34. The molecule has 1 amide bonds. The largest absolute Gasteiger partial charge is 0.497 e. The smallest absolute Gasteiger partial charge is 0.258 e. The van der Waals surface area contributed by atoms with E-state index in [0.29, 0.717) is 36.0 Å². The van der Waals surface area contributed by atoms with E-state index in [1.54, 1.807) is 11.8 Å². The standard InChI is InChI=1S/C25H29ClN4O2/c1-19-23(24(26)30(27-19)18-21-6-4-3-5-7-21)25(31)29-16-14-28(15-17-29)13-12-20-8-10-22(32-2)11-9-20/h3-11H,12-18H2,1-2H3. The quantitative estimate of drug-likeness (QED) is 0.545. The number of ether oxygens (including phenoxy) is 1. The van der Waals surface area contributed by atoms with Crippen LogP contribution in [0.2, 0.25) is 5.15 Å². The van der Waals surface area contributed by atoms with E-state index in [0.717, 1.165) is 37.4 Å². The minimum atomic E-state index is -0.0263. The molecule has 1 saturated heterocycles. The number of carbonyl (C=O) groups excluding carboxylic acids is 1. The van der Waals surface area contributed by atoms with Gasteiger partial charge in [0, 0.05) is 32.7 Å². The predicted molar refractivity (Wildman–Crippen MR) is 127 cm³/mol. The van der Waals surface area contributed by atoms with Gasteiger partial charge in [-0.2, -0.15) is 5.10 Å². The van der Waals surface area contributed by atoms with Crippen LogP contribution in [0.5, 0.6) is 5.75 Å². The van der Waals surface area contributed by atoms with Crippen molar-refractivity contribution in [2.75, 3.05) is 39.8 Å². The Morgan fingerprint density at radius 1 is 1.00 bits per heavy atom. The first-order valence-corrected chi connectivity index (χ1v) is 11.3. The van der Waals surface area contributed by atoms with Crippen LogP contribution in [0.25, 0.3) is 0 Å². The van der Waals surface area contributed by atoms with Gasteiger partial charge in [0.2, 0.25) is 0 Å². The molecule has 6 nitrogen and oxygen atoms in total. The molecule has 1 aliphatic rings. The van der Waals surface area contributed by atoms with Crippen molar-refractivity contribution in [3.05, 3.63) is 82.1 Å². The fourth-order valence-corrected chi connectivity index (χ4v) is 4.38. The van der Waals surface area contributed by atoms with Gasteiger partial charge in [-0.25, -0.2) is 4.68 Å². The second-order valence-corrected chi connectivity index (χ2v) is 8.48. The molecule has 0 N–H and O–H groups in total. The van der Waals surface area contributed by atoms with Crippen molar-refractivity contribution in [2.45, 2.75) is 19.9 Å². The normalized spacial score (nSPS) is 14.5. The summed E-state index contributed by atoms with van der Waals surface area (Å²) in [5.74, 6) is 0.850. The summed E-state index contributed by atoms with van der Waals surface area (Å²) in [6.07, 6.45) is 0.981. The first kappa shape index (κ1) is 22.4. The number of piperazine rings is 1. The summed E-state index contributed by atoms with van der Waals surface area (Å²) < 4.78 is 6.93. The third kappa shape index (κ3) is 5.14. The summed E-state index contributed by atoms with van der Waals surface area (Å²) in [5.41, 5.74) is 3.59. The summed E-state index contributed by atoms with van der Waals surface area (Å²) in [7, 11) is 1.68. The molecule has 0 saturated carbocycles. The predicted octanol–water partition coefficient (Wildman–Crippen LogP) is 3.90. The van der Waals surface area contributed by atoms with Crippen molar-refractivity contribution in [1.82, 2.24) is 19.6 Å². The molecule has 0 unspecified atom stereocenters. The van der Waals surface area contributed by atoms with Gasteiger partial charge in [0.25, 0.3) is 5.91 Å². The monoisotopic (exact) mass is 452 g/mol. The molecule has 0 aliphatic carbocycles. The van der Waals surface area contributed by atoms with Gasteiger partial charge < -0.3 is 9.64 Å². The lowest BCUT2D eigenvalue weighted by atomic mass is 10.1. The Kier molecular flexibility index (Phi) is 7.12. The van der Waals surface area contributed by atoms with Crippen molar-refractivity contribution >= 4 is 17.5 Å². The number of hydrogen-bond acceptors (Lipinski definition) is 4. The molecule has 3 aromatic rings. The summed E-state index contributed by atoms with van der Waals surface area (Å²) in [4.78, 5) is 17.5. The second kappa shape index (κ2) is 10.2. The lowest BCUT2D eigenvalue weighted by molar-refractivity contribution is 0.0638. The summed E-state index contributed by atoms with van der Waals surface area (Å²) in [6.45, 7) is 6.48. The van der Waals surface area contributed by atoms with Crippen LogP contribution in [0.15, 0.2) is 54.6 Å². The number of amides is 1. The highest BCUT2D eigenvalue weighted by molar-refractivity contribution is 6.33. The number of rotatable bonds is 7. The van der Waals surface area contributed by atoms with E-state index in [9.17, 15) is 4.79 Å². The number of halogens is 1. The van der Waals surface area contributed by atoms with Crippen molar-refractivity contribution in [1.29, 1.82) is 0 Å². The zero-order valence-electron chi connectivity index (χ0n) is 18.6. The minimum absolute atomic E-state index is 0.0263. The summed E-state index contributed by atoms with van der Waals surface area (Å²) >= 11 is 6.60. The van der Waals surface area contributed by atoms with Crippen LogP contribution < -0.4 is 4.74 Å². The maximum Gasteiger partial charge on any atom is 0.258 e. The highest BCUT2D eigenvalue weighted by Crippen LogP contribution is 2.23. The molecular weight excluding hydrogens is 424 g/mol. The molecule has 168 valence electrons. The van der Waals surface area contributed by atoms with Crippen LogP contribution in [-0.2, 0) is 13.0 Å². The number of hydrogen-bond donors (Lipinski definition) is 0. The lowest BCUT2D eigenvalue weighted by Crippen LogP contribution is -2.49. The van der Waals surface area contributed by atoms with E-state index in [-0.39, 0.29) is 5.91 Å². The van der Waals surface area contributed by atoms with Crippen LogP contribution in [0.1, 0.15) is 27.2 Å². The Balaban J connectivity index is 1.33. The number of benzene rings is 2.